The molecule has 1 saturated heterocycles. The van der Waals surface area contributed by atoms with E-state index in [0.29, 0.717) is 25.2 Å². The maximum absolute atomic E-state index is 13.5. The first-order chi connectivity index (χ1) is 18.5. The Morgan fingerprint density at radius 3 is 2.28 bits per heavy atom. The van der Waals surface area contributed by atoms with E-state index >= 15 is 0 Å². The van der Waals surface area contributed by atoms with Crippen molar-refractivity contribution in [3.63, 3.8) is 0 Å². The Labute approximate surface area is 234 Å². The largest absolute Gasteiger partial charge is 0.351 e. The summed E-state index contributed by atoms with van der Waals surface area (Å²) in [6.07, 6.45) is 0. The fraction of sp³-hybridized carbons (Fsp3) is 0.500. The van der Waals surface area contributed by atoms with Crippen molar-refractivity contribution >= 4 is 42.6 Å². The number of rotatable bonds is 11. The fourth-order valence-corrected chi connectivity index (χ4v) is 7.44. The van der Waals surface area contributed by atoms with Gasteiger partial charge in [0.2, 0.25) is 10.0 Å². The van der Waals surface area contributed by atoms with Crippen LogP contribution in [0.2, 0.25) is 0 Å². The van der Waals surface area contributed by atoms with Crippen LogP contribution in [0.4, 0.5) is 9.52 Å². The molecule has 0 bridgehead atoms. The van der Waals surface area contributed by atoms with Crippen LogP contribution in [0.15, 0.2) is 47.4 Å². The summed E-state index contributed by atoms with van der Waals surface area (Å²) in [5.74, 6) is -0.0454. The Kier molecular flexibility index (Phi) is 9.58. The molecule has 2 heterocycles. The van der Waals surface area contributed by atoms with Crippen molar-refractivity contribution in [1.29, 1.82) is 0 Å². The highest BCUT2D eigenvalue weighted by Gasteiger charge is 2.26. The van der Waals surface area contributed by atoms with Gasteiger partial charge in [0.25, 0.3) is 5.91 Å². The molecule has 0 spiro atoms. The van der Waals surface area contributed by atoms with Gasteiger partial charge in [0, 0.05) is 57.9 Å². The number of carbonyl (C=O) groups is 1. The number of carbonyl (C=O) groups excluding carboxylic acids is 1. The maximum atomic E-state index is 13.5. The summed E-state index contributed by atoms with van der Waals surface area (Å²) in [4.78, 5) is 22.0. The number of amides is 1. The minimum Gasteiger partial charge on any atom is -0.351 e. The third-order valence-corrected chi connectivity index (χ3v) is 9.51. The Morgan fingerprint density at radius 2 is 1.67 bits per heavy atom. The van der Waals surface area contributed by atoms with Crippen molar-refractivity contribution in [2.24, 2.45) is 11.8 Å². The Balaban J connectivity index is 1.25. The molecule has 4 rings (SSSR count). The average molecular weight is 576 g/mol. The molecule has 1 amide bonds. The number of thiazole rings is 1. The molecule has 1 N–H and O–H groups in total. The van der Waals surface area contributed by atoms with E-state index in [1.165, 1.54) is 39.9 Å². The van der Waals surface area contributed by atoms with E-state index in [2.05, 4.69) is 20.1 Å². The fourth-order valence-electron chi connectivity index (χ4n) is 4.63. The molecule has 2 aromatic carbocycles. The number of fused-ring (bicyclic) bond motifs is 1. The molecular weight excluding hydrogens is 537 g/mol. The molecule has 212 valence electrons. The minimum atomic E-state index is -3.63. The highest BCUT2D eigenvalue weighted by atomic mass is 32.2. The SMILES string of the molecule is CC(C)CN(CC(C)C)S(=O)(=O)c1ccc(C(=O)NCCN2CCN(c3nc4ccc(F)cc4s3)CC2)cc1. The lowest BCUT2D eigenvalue weighted by Crippen LogP contribution is -2.48. The lowest BCUT2D eigenvalue weighted by Gasteiger charge is -2.34. The molecule has 39 heavy (non-hydrogen) atoms. The molecule has 11 heteroatoms. The van der Waals surface area contributed by atoms with Crippen molar-refractivity contribution in [3.05, 3.63) is 53.8 Å². The van der Waals surface area contributed by atoms with Gasteiger partial charge in [0.1, 0.15) is 5.82 Å². The van der Waals surface area contributed by atoms with Crippen LogP contribution in [-0.4, -0.2) is 80.9 Å². The van der Waals surface area contributed by atoms with Crippen LogP contribution in [0.3, 0.4) is 0 Å². The molecule has 0 radical (unpaired) electrons. The number of hydrogen-bond acceptors (Lipinski definition) is 7. The van der Waals surface area contributed by atoms with E-state index in [-0.39, 0.29) is 28.5 Å². The predicted molar refractivity (Wildman–Crippen MR) is 155 cm³/mol. The molecular formula is C28H38FN5O3S2. The van der Waals surface area contributed by atoms with Gasteiger partial charge in [-0.1, -0.05) is 39.0 Å². The van der Waals surface area contributed by atoms with Gasteiger partial charge in [-0.3, -0.25) is 9.69 Å². The molecule has 1 aliphatic heterocycles. The third kappa shape index (κ3) is 7.53. The zero-order valence-electron chi connectivity index (χ0n) is 23.1. The lowest BCUT2D eigenvalue weighted by molar-refractivity contribution is 0.0947. The van der Waals surface area contributed by atoms with Crippen molar-refractivity contribution in [3.8, 4) is 0 Å². The first kappa shape index (κ1) is 29.4. The van der Waals surface area contributed by atoms with Crippen molar-refractivity contribution in [2.75, 3.05) is 57.3 Å². The van der Waals surface area contributed by atoms with Gasteiger partial charge in [-0.2, -0.15) is 4.31 Å². The molecule has 1 aromatic heterocycles. The van der Waals surface area contributed by atoms with E-state index in [1.807, 2.05) is 27.7 Å². The van der Waals surface area contributed by atoms with Crippen molar-refractivity contribution in [2.45, 2.75) is 32.6 Å². The summed E-state index contributed by atoms with van der Waals surface area (Å²) in [6.45, 7) is 13.5. The Hall–Kier alpha value is -2.60. The number of anilines is 1. The van der Waals surface area contributed by atoms with Gasteiger partial charge in [0.05, 0.1) is 15.1 Å². The predicted octanol–water partition coefficient (Wildman–Crippen LogP) is 4.29. The maximum Gasteiger partial charge on any atom is 0.251 e. The second kappa shape index (κ2) is 12.7. The van der Waals surface area contributed by atoms with Gasteiger partial charge in [-0.15, -0.1) is 0 Å². The van der Waals surface area contributed by atoms with Crippen LogP contribution >= 0.6 is 11.3 Å². The molecule has 0 saturated carbocycles. The quantitative estimate of drug-likeness (QED) is 0.367. The minimum absolute atomic E-state index is 0.205. The van der Waals surface area contributed by atoms with Gasteiger partial charge in [0.15, 0.2) is 5.13 Å². The molecule has 3 aromatic rings. The van der Waals surface area contributed by atoms with Crippen LogP contribution in [0.25, 0.3) is 10.2 Å². The number of nitrogens with zero attached hydrogens (tertiary/aromatic N) is 4. The summed E-state index contributed by atoms with van der Waals surface area (Å²) in [5, 5.41) is 3.85. The normalized spacial score (nSPS) is 15.1. The van der Waals surface area contributed by atoms with E-state index in [1.54, 1.807) is 18.2 Å². The topological polar surface area (TPSA) is 85.8 Å². The highest BCUT2D eigenvalue weighted by molar-refractivity contribution is 7.89. The van der Waals surface area contributed by atoms with Gasteiger partial charge in [-0.05, 0) is 54.3 Å². The van der Waals surface area contributed by atoms with Crippen molar-refractivity contribution in [1.82, 2.24) is 19.5 Å². The van der Waals surface area contributed by atoms with Crippen LogP contribution in [0.1, 0.15) is 38.1 Å². The number of hydrogen-bond donors (Lipinski definition) is 1. The van der Waals surface area contributed by atoms with Gasteiger partial charge < -0.3 is 10.2 Å². The second-order valence-corrected chi connectivity index (χ2v) is 13.8. The molecule has 8 nitrogen and oxygen atoms in total. The standard InChI is InChI=1S/C28H38FN5O3S2/c1-20(2)18-34(19-21(3)4)39(36,37)24-8-5-22(6-9-24)27(35)30-11-12-32-13-15-33(16-14-32)28-31-25-10-7-23(29)17-26(25)38-28/h5-10,17,20-21H,11-16,18-19H2,1-4H3,(H,30,35). The van der Waals surface area contributed by atoms with Crippen LogP contribution in [0.5, 0.6) is 0 Å². The summed E-state index contributed by atoms with van der Waals surface area (Å²) in [7, 11) is -3.63. The summed E-state index contributed by atoms with van der Waals surface area (Å²) in [6, 6.07) is 10.9. The highest BCUT2D eigenvalue weighted by Crippen LogP contribution is 2.30. The Bertz CT molecular complexity index is 1360. The summed E-state index contributed by atoms with van der Waals surface area (Å²) >= 11 is 1.51. The Morgan fingerprint density at radius 1 is 1.03 bits per heavy atom. The zero-order valence-corrected chi connectivity index (χ0v) is 24.7. The summed E-state index contributed by atoms with van der Waals surface area (Å²) < 4.78 is 42.3. The van der Waals surface area contributed by atoms with Crippen LogP contribution in [0, 0.1) is 17.7 Å². The van der Waals surface area contributed by atoms with Gasteiger partial charge in [-0.25, -0.2) is 17.8 Å². The van der Waals surface area contributed by atoms with Gasteiger partial charge >= 0.3 is 0 Å². The average Bonchev–Trinajstić information content (AvgIpc) is 3.31. The molecule has 1 fully saturated rings. The third-order valence-electron chi connectivity index (χ3n) is 6.59. The molecule has 0 aliphatic carbocycles. The smallest absolute Gasteiger partial charge is 0.251 e. The monoisotopic (exact) mass is 575 g/mol. The first-order valence-corrected chi connectivity index (χ1v) is 15.7. The van der Waals surface area contributed by atoms with E-state index in [4.69, 9.17) is 0 Å². The molecule has 1 aliphatic rings. The zero-order chi connectivity index (χ0) is 28.2. The number of aromatic nitrogens is 1. The van der Waals surface area contributed by atoms with Crippen LogP contribution < -0.4 is 10.2 Å². The number of nitrogens with one attached hydrogen (secondary N) is 1. The van der Waals surface area contributed by atoms with E-state index in [0.717, 1.165) is 48.1 Å². The van der Waals surface area contributed by atoms with Crippen molar-refractivity contribution < 1.29 is 17.6 Å². The number of piperazine rings is 1. The lowest BCUT2D eigenvalue weighted by atomic mass is 10.2. The van der Waals surface area contributed by atoms with E-state index < -0.39 is 10.0 Å². The first-order valence-electron chi connectivity index (χ1n) is 13.4. The molecule has 0 unspecified atom stereocenters. The van der Waals surface area contributed by atoms with Crippen LogP contribution in [-0.2, 0) is 10.0 Å². The second-order valence-electron chi connectivity index (χ2n) is 10.8. The summed E-state index contributed by atoms with van der Waals surface area (Å²) in [5.41, 5.74) is 1.25. The number of sulfonamides is 1. The number of halogens is 1. The number of benzene rings is 2. The van der Waals surface area contributed by atoms with E-state index in [9.17, 15) is 17.6 Å². The molecule has 0 atom stereocenters.